The summed E-state index contributed by atoms with van der Waals surface area (Å²) in [5, 5.41) is 1.06. The van der Waals surface area contributed by atoms with Crippen molar-refractivity contribution in [3.8, 4) is 11.1 Å². The number of benzene rings is 2. The van der Waals surface area contributed by atoms with Gasteiger partial charge in [0.15, 0.2) is 0 Å². The van der Waals surface area contributed by atoms with Crippen LogP contribution in [0.1, 0.15) is 5.56 Å². The van der Waals surface area contributed by atoms with E-state index in [1.54, 1.807) is 12.3 Å². The Hall–Kier alpha value is -2.26. The number of rotatable bonds is 2. The molecule has 0 aliphatic carbocycles. The molecule has 0 amide bonds. The first-order chi connectivity index (χ1) is 9.29. The lowest BCUT2D eigenvalue weighted by atomic mass is 9.97. The molecule has 0 aliphatic heterocycles. The van der Waals surface area contributed by atoms with E-state index in [-0.39, 0.29) is 5.82 Å². The molecule has 2 nitrogen and oxygen atoms in total. The van der Waals surface area contributed by atoms with Gasteiger partial charge in [-0.3, -0.25) is 4.98 Å². The Bertz CT molecular complexity index is 732. The Morgan fingerprint density at radius 1 is 1.00 bits per heavy atom. The van der Waals surface area contributed by atoms with Crippen molar-refractivity contribution in [1.82, 2.24) is 4.98 Å². The van der Waals surface area contributed by atoms with E-state index < -0.39 is 0 Å². The largest absolute Gasteiger partial charge is 0.326 e. The summed E-state index contributed by atoms with van der Waals surface area (Å²) in [4.78, 5) is 4.42. The van der Waals surface area contributed by atoms with Crippen molar-refractivity contribution in [2.75, 3.05) is 0 Å². The molecule has 0 spiro atoms. The molecule has 3 aromatic rings. The number of nitrogens with zero attached hydrogens (tertiary/aromatic N) is 1. The third-order valence-electron chi connectivity index (χ3n) is 3.21. The molecule has 0 atom stereocenters. The number of aromatic nitrogens is 1. The molecule has 0 aliphatic rings. The van der Waals surface area contributed by atoms with Crippen molar-refractivity contribution in [3.05, 3.63) is 66.1 Å². The van der Waals surface area contributed by atoms with Crippen molar-refractivity contribution >= 4 is 10.9 Å². The van der Waals surface area contributed by atoms with Gasteiger partial charge in [-0.1, -0.05) is 30.3 Å². The van der Waals surface area contributed by atoms with Crippen LogP contribution >= 0.6 is 0 Å². The summed E-state index contributed by atoms with van der Waals surface area (Å²) in [6, 6.07) is 14.6. The molecule has 0 unspecified atom stereocenters. The predicted molar refractivity (Wildman–Crippen MR) is 75.0 cm³/mol. The highest BCUT2D eigenvalue weighted by atomic mass is 19.1. The molecular weight excluding hydrogens is 239 g/mol. The number of hydrogen-bond acceptors (Lipinski definition) is 2. The number of halogens is 1. The first-order valence-electron chi connectivity index (χ1n) is 6.12. The highest BCUT2D eigenvalue weighted by Gasteiger charge is 2.09. The van der Waals surface area contributed by atoms with Crippen LogP contribution in [0.2, 0.25) is 0 Å². The number of hydrogen-bond donors (Lipinski definition) is 1. The van der Waals surface area contributed by atoms with Crippen LogP contribution in [0.5, 0.6) is 0 Å². The van der Waals surface area contributed by atoms with Crippen LogP contribution in [0.15, 0.2) is 54.7 Å². The van der Waals surface area contributed by atoms with Gasteiger partial charge in [-0.25, -0.2) is 4.39 Å². The molecule has 3 heteroatoms. The molecule has 0 bridgehead atoms. The smallest absolute Gasteiger partial charge is 0.123 e. The Labute approximate surface area is 110 Å². The van der Waals surface area contributed by atoms with Gasteiger partial charge < -0.3 is 5.73 Å². The van der Waals surface area contributed by atoms with Gasteiger partial charge in [0.25, 0.3) is 0 Å². The maximum Gasteiger partial charge on any atom is 0.123 e. The third-order valence-corrected chi connectivity index (χ3v) is 3.21. The van der Waals surface area contributed by atoms with Gasteiger partial charge in [-0.2, -0.15) is 0 Å². The highest BCUT2D eigenvalue weighted by molar-refractivity contribution is 5.94. The average molecular weight is 252 g/mol. The monoisotopic (exact) mass is 252 g/mol. The van der Waals surface area contributed by atoms with Gasteiger partial charge in [0, 0.05) is 23.7 Å². The summed E-state index contributed by atoms with van der Waals surface area (Å²) in [6.45, 7) is 0.302. The minimum Gasteiger partial charge on any atom is -0.326 e. The van der Waals surface area contributed by atoms with E-state index >= 15 is 0 Å². The third kappa shape index (κ3) is 2.09. The highest BCUT2D eigenvalue weighted by Crippen LogP contribution is 2.29. The summed E-state index contributed by atoms with van der Waals surface area (Å²) in [5.41, 5.74) is 9.34. The van der Waals surface area contributed by atoms with E-state index in [4.69, 9.17) is 5.73 Å². The first kappa shape index (κ1) is 11.8. The number of fused-ring (bicyclic) bond motifs is 1. The fourth-order valence-corrected chi connectivity index (χ4v) is 2.32. The number of pyridine rings is 1. The molecule has 0 saturated heterocycles. The summed E-state index contributed by atoms with van der Waals surface area (Å²) in [7, 11) is 0. The van der Waals surface area contributed by atoms with Gasteiger partial charge in [0.05, 0.1) is 5.52 Å². The van der Waals surface area contributed by atoms with Crippen LogP contribution in [0, 0.1) is 5.82 Å². The molecule has 2 aromatic carbocycles. The number of nitrogens with two attached hydrogens (primary N) is 1. The molecule has 1 aromatic heterocycles. The van der Waals surface area contributed by atoms with Crippen molar-refractivity contribution in [1.29, 1.82) is 0 Å². The van der Waals surface area contributed by atoms with Crippen molar-refractivity contribution in [2.45, 2.75) is 6.54 Å². The zero-order valence-corrected chi connectivity index (χ0v) is 10.3. The SMILES string of the molecule is NCc1cc(F)ccc1-c1cccc2cccnc12. The molecule has 1 heterocycles. The van der Waals surface area contributed by atoms with Crippen molar-refractivity contribution in [3.63, 3.8) is 0 Å². The van der Waals surface area contributed by atoms with Crippen molar-refractivity contribution in [2.24, 2.45) is 5.73 Å². The zero-order chi connectivity index (χ0) is 13.2. The summed E-state index contributed by atoms with van der Waals surface area (Å²) < 4.78 is 13.3. The standard InChI is InChI=1S/C16H13FN2/c17-13-6-7-14(12(9-13)10-18)15-5-1-3-11-4-2-8-19-16(11)15/h1-9H,10,18H2. The fourth-order valence-electron chi connectivity index (χ4n) is 2.32. The van der Waals surface area contributed by atoms with E-state index in [0.29, 0.717) is 6.54 Å². The molecule has 19 heavy (non-hydrogen) atoms. The van der Waals surface area contributed by atoms with Gasteiger partial charge in [0.2, 0.25) is 0 Å². The van der Waals surface area contributed by atoms with E-state index in [9.17, 15) is 4.39 Å². The van der Waals surface area contributed by atoms with Gasteiger partial charge >= 0.3 is 0 Å². The maximum atomic E-state index is 13.3. The summed E-state index contributed by atoms with van der Waals surface area (Å²) in [5.74, 6) is -0.266. The number of para-hydroxylation sites is 1. The Balaban J connectivity index is 2.30. The second kappa shape index (κ2) is 4.78. The van der Waals surface area contributed by atoms with Crippen LogP contribution in [0.4, 0.5) is 4.39 Å². The topological polar surface area (TPSA) is 38.9 Å². The summed E-state index contributed by atoms with van der Waals surface area (Å²) in [6.07, 6.45) is 1.76. The Kier molecular flexibility index (Phi) is 2.97. The van der Waals surface area contributed by atoms with Crippen LogP contribution in [0.3, 0.4) is 0 Å². The first-order valence-corrected chi connectivity index (χ1v) is 6.12. The lowest BCUT2D eigenvalue weighted by Crippen LogP contribution is -2.00. The van der Waals surface area contributed by atoms with Crippen LogP contribution < -0.4 is 5.73 Å². The van der Waals surface area contributed by atoms with Crippen LogP contribution in [-0.2, 0) is 6.54 Å². The van der Waals surface area contributed by atoms with Gasteiger partial charge in [0.1, 0.15) is 5.82 Å². The zero-order valence-electron chi connectivity index (χ0n) is 10.3. The normalized spacial score (nSPS) is 10.8. The van der Waals surface area contributed by atoms with E-state index in [2.05, 4.69) is 4.98 Å². The van der Waals surface area contributed by atoms with Crippen LogP contribution in [0.25, 0.3) is 22.0 Å². The van der Waals surface area contributed by atoms with Crippen molar-refractivity contribution < 1.29 is 4.39 Å². The molecular formula is C16H13FN2. The molecule has 3 rings (SSSR count). The van der Waals surface area contributed by atoms with Gasteiger partial charge in [-0.15, -0.1) is 0 Å². The summed E-state index contributed by atoms with van der Waals surface area (Å²) >= 11 is 0. The predicted octanol–water partition coefficient (Wildman–Crippen LogP) is 3.50. The molecule has 0 radical (unpaired) electrons. The molecule has 0 fully saturated rings. The lowest BCUT2D eigenvalue weighted by molar-refractivity contribution is 0.625. The van der Waals surface area contributed by atoms with E-state index in [1.165, 1.54) is 12.1 Å². The fraction of sp³-hybridized carbons (Fsp3) is 0.0625. The maximum absolute atomic E-state index is 13.3. The average Bonchev–Trinajstić information content (AvgIpc) is 2.46. The Morgan fingerprint density at radius 3 is 2.68 bits per heavy atom. The molecule has 0 saturated carbocycles. The molecule has 94 valence electrons. The minimum absolute atomic E-state index is 0.266. The Morgan fingerprint density at radius 2 is 1.84 bits per heavy atom. The lowest BCUT2D eigenvalue weighted by Gasteiger charge is -2.10. The minimum atomic E-state index is -0.266. The molecule has 2 N–H and O–H groups in total. The van der Waals surface area contributed by atoms with E-state index in [1.807, 2.05) is 30.3 Å². The van der Waals surface area contributed by atoms with E-state index in [0.717, 1.165) is 27.6 Å². The van der Waals surface area contributed by atoms with Crippen LogP contribution in [-0.4, -0.2) is 4.98 Å². The quantitative estimate of drug-likeness (QED) is 0.758. The van der Waals surface area contributed by atoms with Gasteiger partial charge in [-0.05, 0) is 29.3 Å². The second-order valence-electron chi connectivity index (χ2n) is 4.39. The second-order valence-corrected chi connectivity index (χ2v) is 4.39.